The fourth-order valence-corrected chi connectivity index (χ4v) is 2.35. The van der Waals surface area contributed by atoms with Gasteiger partial charge in [-0.1, -0.05) is 6.07 Å². The third-order valence-corrected chi connectivity index (χ3v) is 3.90. The molecule has 1 aliphatic rings. The van der Waals surface area contributed by atoms with Gasteiger partial charge < -0.3 is 5.11 Å². The molecule has 1 aliphatic carbocycles. The smallest absolute Gasteiger partial charge is 0.328 e. The molecule has 0 aliphatic heterocycles. The number of aliphatic carboxylic acids is 1. The number of rotatable bonds is 6. The molecule has 1 aromatic rings. The summed E-state index contributed by atoms with van der Waals surface area (Å²) in [6, 6.07) is 5.39. The Morgan fingerprint density at radius 1 is 1.55 bits per heavy atom. The van der Waals surface area contributed by atoms with Crippen molar-refractivity contribution in [2.24, 2.45) is 5.92 Å². The molecule has 1 aromatic carbocycles. The van der Waals surface area contributed by atoms with Gasteiger partial charge in [0.1, 0.15) is 5.82 Å². The van der Waals surface area contributed by atoms with Gasteiger partial charge in [0.15, 0.2) is 0 Å². The molecule has 0 amide bonds. The second-order valence-corrected chi connectivity index (χ2v) is 5.52. The first kappa shape index (κ1) is 14.7. The van der Waals surface area contributed by atoms with Crippen LogP contribution in [0.15, 0.2) is 24.3 Å². The number of halogens is 1. The Kier molecular flexibility index (Phi) is 4.55. The van der Waals surface area contributed by atoms with E-state index in [1.807, 2.05) is 0 Å². The van der Waals surface area contributed by atoms with Gasteiger partial charge in [-0.05, 0) is 56.5 Å². The third kappa shape index (κ3) is 3.90. The molecule has 1 atom stereocenters. The highest BCUT2D eigenvalue weighted by Crippen LogP contribution is 2.35. The molecule has 1 saturated carbocycles. The summed E-state index contributed by atoms with van der Waals surface area (Å²) in [5, 5.41) is 8.60. The summed E-state index contributed by atoms with van der Waals surface area (Å²) in [5.41, 5.74) is 1.31. The van der Waals surface area contributed by atoms with Crippen LogP contribution in [-0.2, 0) is 11.3 Å². The lowest BCUT2D eigenvalue weighted by molar-refractivity contribution is -0.131. The number of hydrogen-bond donors (Lipinski definition) is 1. The Morgan fingerprint density at radius 2 is 2.25 bits per heavy atom. The lowest BCUT2D eigenvalue weighted by Gasteiger charge is -2.24. The highest BCUT2D eigenvalue weighted by Gasteiger charge is 2.30. The first-order valence-corrected chi connectivity index (χ1v) is 6.87. The summed E-state index contributed by atoms with van der Waals surface area (Å²) >= 11 is 0. The lowest BCUT2D eigenvalue weighted by atomic mass is 10.1. The average molecular weight is 277 g/mol. The van der Waals surface area contributed by atoms with Crippen LogP contribution in [0, 0.1) is 11.7 Å². The van der Waals surface area contributed by atoms with E-state index in [9.17, 15) is 9.18 Å². The fourth-order valence-electron chi connectivity index (χ4n) is 2.35. The summed E-state index contributed by atoms with van der Waals surface area (Å²) in [7, 11) is 2.07. The van der Waals surface area contributed by atoms with E-state index in [4.69, 9.17) is 5.11 Å². The summed E-state index contributed by atoms with van der Waals surface area (Å²) < 4.78 is 13.6. The van der Waals surface area contributed by atoms with E-state index in [-0.39, 0.29) is 0 Å². The van der Waals surface area contributed by atoms with E-state index in [0.29, 0.717) is 11.6 Å². The molecule has 0 heterocycles. The van der Waals surface area contributed by atoms with Crippen LogP contribution in [-0.4, -0.2) is 29.1 Å². The zero-order chi connectivity index (χ0) is 14.7. The van der Waals surface area contributed by atoms with Crippen LogP contribution in [0.3, 0.4) is 0 Å². The van der Waals surface area contributed by atoms with E-state index in [2.05, 4.69) is 18.9 Å². The molecule has 0 bridgehead atoms. The molecule has 0 radical (unpaired) electrons. The van der Waals surface area contributed by atoms with E-state index in [0.717, 1.165) is 24.1 Å². The maximum absolute atomic E-state index is 13.6. The standard InChI is InChI=1S/C16H20FNO2/c1-11(13-4-5-13)18(2)10-12-3-7-15(17)14(9-12)6-8-16(19)20/h3,6-9,11,13H,4-5,10H2,1-2H3,(H,19,20). The van der Waals surface area contributed by atoms with E-state index in [1.165, 1.54) is 25.0 Å². The molecule has 0 saturated heterocycles. The van der Waals surface area contributed by atoms with Crippen LogP contribution in [0.25, 0.3) is 6.08 Å². The Bertz CT molecular complexity index is 523. The fraction of sp³-hybridized carbons (Fsp3) is 0.438. The normalized spacial score (nSPS) is 16.8. The van der Waals surface area contributed by atoms with Crippen molar-refractivity contribution < 1.29 is 14.3 Å². The van der Waals surface area contributed by atoms with Gasteiger partial charge in [-0.2, -0.15) is 0 Å². The molecular weight excluding hydrogens is 257 g/mol. The monoisotopic (exact) mass is 277 g/mol. The third-order valence-electron chi connectivity index (χ3n) is 3.90. The topological polar surface area (TPSA) is 40.5 Å². The Balaban J connectivity index is 2.08. The van der Waals surface area contributed by atoms with Gasteiger partial charge in [-0.25, -0.2) is 9.18 Å². The molecule has 1 fully saturated rings. The van der Waals surface area contributed by atoms with Crippen LogP contribution >= 0.6 is 0 Å². The molecule has 0 spiro atoms. The van der Waals surface area contributed by atoms with Gasteiger partial charge in [0, 0.05) is 24.2 Å². The predicted octanol–water partition coefficient (Wildman–Crippen LogP) is 3.15. The first-order chi connectivity index (χ1) is 9.47. The molecule has 20 heavy (non-hydrogen) atoms. The van der Waals surface area contributed by atoms with Crippen LogP contribution < -0.4 is 0 Å². The lowest BCUT2D eigenvalue weighted by Crippen LogP contribution is -2.30. The van der Waals surface area contributed by atoms with Crippen LogP contribution in [0.1, 0.15) is 30.9 Å². The second kappa shape index (κ2) is 6.18. The maximum atomic E-state index is 13.6. The van der Waals surface area contributed by atoms with Gasteiger partial charge in [0.25, 0.3) is 0 Å². The van der Waals surface area contributed by atoms with Gasteiger partial charge in [0.05, 0.1) is 0 Å². The van der Waals surface area contributed by atoms with Crippen molar-refractivity contribution in [2.75, 3.05) is 7.05 Å². The molecular formula is C16H20FNO2. The van der Waals surface area contributed by atoms with Gasteiger partial charge in [-0.15, -0.1) is 0 Å². The average Bonchev–Trinajstić information content (AvgIpc) is 3.22. The van der Waals surface area contributed by atoms with Crippen LogP contribution in [0.5, 0.6) is 0 Å². The van der Waals surface area contributed by atoms with Gasteiger partial charge >= 0.3 is 5.97 Å². The zero-order valence-electron chi connectivity index (χ0n) is 11.8. The van der Waals surface area contributed by atoms with Crippen molar-refractivity contribution in [3.63, 3.8) is 0 Å². The minimum atomic E-state index is -1.07. The van der Waals surface area contributed by atoms with Crippen molar-refractivity contribution in [3.8, 4) is 0 Å². The van der Waals surface area contributed by atoms with E-state index >= 15 is 0 Å². The van der Waals surface area contributed by atoms with Crippen molar-refractivity contribution >= 4 is 12.0 Å². The molecule has 3 nitrogen and oxygen atoms in total. The minimum absolute atomic E-state index is 0.317. The number of carboxylic acid groups (broad SMARTS) is 1. The van der Waals surface area contributed by atoms with E-state index in [1.54, 1.807) is 12.1 Å². The Morgan fingerprint density at radius 3 is 2.85 bits per heavy atom. The Labute approximate surface area is 118 Å². The maximum Gasteiger partial charge on any atom is 0.328 e. The second-order valence-electron chi connectivity index (χ2n) is 5.52. The quantitative estimate of drug-likeness (QED) is 0.812. The number of hydrogen-bond acceptors (Lipinski definition) is 2. The molecule has 108 valence electrons. The minimum Gasteiger partial charge on any atom is -0.478 e. The SMILES string of the molecule is CC(C1CC1)N(C)Cc1ccc(F)c(C=CC(=O)O)c1. The van der Waals surface area contributed by atoms with Crippen molar-refractivity contribution in [2.45, 2.75) is 32.4 Å². The van der Waals surface area contributed by atoms with E-state index < -0.39 is 11.8 Å². The number of carboxylic acids is 1. The van der Waals surface area contributed by atoms with Gasteiger partial charge in [0.2, 0.25) is 0 Å². The molecule has 2 rings (SSSR count). The summed E-state index contributed by atoms with van der Waals surface area (Å²) in [6.07, 6.45) is 4.84. The van der Waals surface area contributed by atoms with Gasteiger partial charge in [-0.3, -0.25) is 4.90 Å². The predicted molar refractivity (Wildman–Crippen MR) is 76.7 cm³/mol. The van der Waals surface area contributed by atoms with Crippen molar-refractivity contribution in [1.82, 2.24) is 4.90 Å². The summed E-state index contributed by atoms with van der Waals surface area (Å²) in [6.45, 7) is 2.96. The molecule has 0 aromatic heterocycles. The van der Waals surface area contributed by atoms with Crippen LogP contribution in [0.4, 0.5) is 4.39 Å². The zero-order valence-corrected chi connectivity index (χ0v) is 11.8. The van der Waals surface area contributed by atoms with Crippen molar-refractivity contribution in [3.05, 3.63) is 41.2 Å². The summed E-state index contributed by atoms with van der Waals surface area (Å²) in [5.74, 6) is -0.690. The molecule has 1 N–H and O–H groups in total. The highest BCUT2D eigenvalue weighted by atomic mass is 19.1. The van der Waals surface area contributed by atoms with Crippen molar-refractivity contribution in [1.29, 1.82) is 0 Å². The number of carbonyl (C=O) groups is 1. The van der Waals surface area contributed by atoms with Crippen LogP contribution in [0.2, 0.25) is 0 Å². The Hall–Kier alpha value is -1.68. The largest absolute Gasteiger partial charge is 0.478 e. The highest BCUT2D eigenvalue weighted by molar-refractivity contribution is 5.85. The number of benzene rings is 1. The molecule has 1 unspecified atom stereocenters. The number of nitrogens with zero attached hydrogens (tertiary/aromatic N) is 1. The summed E-state index contributed by atoms with van der Waals surface area (Å²) in [4.78, 5) is 12.8. The first-order valence-electron chi connectivity index (χ1n) is 6.87. The molecule has 4 heteroatoms.